The molecule has 0 amide bonds. The van der Waals surface area contributed by atoms with Crippen LogP contribution in [0.15, 0.2) is 34.9 Å². The van der Waals surface area contributed by atoms with E-state index in [2.05, 4.69) is 31.2 Å². The van der Waals surface area contributed by atoms with Crippen molar-refractivity contribution in [2.45, 2.75) is 26.3 Å². The van der Waals surface area contributed by atoms with Crippen molar-refractivity contribution >= 4 is 21.7 Å². The second kappa shape index (κ2) is 6.10. The molecule has 19 heavy (non-hydrogen) atoms. The van der Waals surface area contributed by atoms with Crippen molar-refractivity contribution in [1.82, 2.24) is 9.97 Å². The van der Waals surface area contributed by atoms with Crippen LogP contribution in [0, 0.1) is 5.82 Å². The number of halogens is 2. The molecule has 1 aromatic heterocycles. The zero-order valence-corrected chi connectivity index (χ0v) is 12.4. The minimum Gasteiger partial charge on any atom is -0.366 e. The number of hydrogen-bond acceptors (Lipinski definition) is 3. The Balaban J connectivity index is 2.08. The molecule has 5 heteroatoms. The molecule has 0 atom stereocenters. The van der Waals surface area contributed by atoms with Crippen molar-refractivity contribution < 1.29 is 4.39 Å². The molecule has 0 unspecified atom stereocenters. The monoisotopic (exact) mass is 323 g/mol. The van der Waals surface area contributed by atoms with E-state index in [0.29, 0.717) is 6.54 Å². The van der Waals surface area contributed by atoms with Gasteiger partial charge in [0.25, 0.3) is 0 Å². The summed E-state index contributed by atoms with van der Waals surface area (Å²) in [6.07, 6.45) is 0. The molecule has 1 heterocycles. The van der Waals surface area contributed by atoms with Crippen LogP contribution in [0.3, 0.4) is 0 Å². The zero-order chi connectivity index (χ0) is 13.8. The third-order valence-electron chi connectivity index (χ3n) is 2.62. The van der Waals surface area contributed by atoms with Gasteiger partial charge in [0.2, 0.25) is 0 Å². The van der Waals surface area contributed by atoms with E-state index in [1.54, 1.807) is 12.1 Å². The summed E-state index contributed by atoms with van der Waals surface area (Å²) in [5.74, 6) is 1.59. The first-order valence-electron chi connectivity index (χ1n) is 6.07. The average molecular weight is 324 g/mol. The second-order valence-electron chi connectivity index (χ2n) is 4.57. The summed E-state index contributed by atoms with van der Waals surface area (Å²) in [7, 11) is 0. The van der Waals surface area contributed by atoms with Gasteiger partial charge in [0.15, 0.2) is 0 Å². The Bertz CT molecular complexity index is 555. The number of nitrogens with zero attached hydrogens (tertiary/aromatic N) is 2. The Labute approximate surface area is 120 Å². The van der Waals surface area contributed by atoms with E-state index >= 15 is 0 Å². The molecule has 0 radical (unpaired) electrons. The molecule has 0 saturated carbocycles. The lowest BCUT2D eigenvalue weighted by atomic mass is 10.2. The summed E-state index contributed by atoms with van der Waals surface area (Å²) in [6, 6.07) is 8.23. The summed E-state index contributed by atoms with van der Waals surface area (Å²) in [5, 5.41) is 3.21. The summed E-state index contributed by atoms with van der Waals surface area (Å²) in [6.45, 7) is 4.69. The highest BCUT2D eigenvalue weighted by Crippen LogP contribution is 2.18. The number of hydrogen-bond donors (Lipinski definition) is 1. The number of anilines is 1. The molecule has 0 fully saturated rings. The van der Waals surface area contributed by atoms with E-state index in [9.17, 15) is 4.39 Å². The van der Waals surface area contributed by atoms with E-state index in [1.165, 1.54) is 12.1 Å². The van der Waals surface area contributed by atoms with Gasteiger partial charge in [-0.1, -0.05) is 26.0 Å². The third kappa shape index (κ3) is 3.99. The Morgan fingerprint density at radius 1 is 1.21 bits per heavy atom. The van der Waals surface area contributed by atoms with Crippen molar-refractivity contribution in [3.05, 3.63) is 52.1 Å². The molecule has 0 saturated heterocycles. The molecular weight excluding hydrogens is 309 g/mol. The van der Waals surface area contributed by atoms with Crippen molar-refractivity contribution in [2.24, 2.45) is 0 Å². The largest absolute Gasteiger partial charge is 0.366 e. The van der Waals surface area contributed by atoms with E-state index in [-0.39, 0.29) is 11.7 Å². The van der Waals surface area contributed by atoms with Crippen LogP contribution in [-0.2, 0) is 6.54 Å². The summed E-state index contributed by atoms with van der Waals surface area (Å²) in [5.41, 5.74) is 1.00. The quantitative estimate of drug-likeness (QED) is 0.860. The Hall–Kier alpha value is -1.49. The average Bonchev–Trinajstić information content (AvgIpc) is 2.37. The molecule has 100 valence electrons. The fourth-order valence-electron chi connectivity index (χ4n) is 1.58. The first kappa shape index (κ1) is 13.9. The van der Waals surface area contributed by atoms with E-state index in [0.717, 1.165) is 21.8 Å². The minimum absolute atomic E-state index is 0.226. The molecule has 0 spiro atoms. The molecule has 0 aliphatic carbocycles. The van der Waals surface area contributed by atoms with Crippen LogP contribution in [0.25, 0.3) is 0 Å². The van der Waals surface area contributed by atoms with Gasteiger partial charge in [0, 0.05) is 18.5 Å². The van der Waals surface area contributed by atoms with Crippen LogP contribution in [0.5, 0.6) is 0 Å². The van der Waals surface area contributed by atoms with Gasteiger partial charge in [0.1, 0.15) is 22.1 Å². The van der Waals surface area contributed by atoms with Crippen LogP contribution < -0.4 is 5.32 Å². The van der Waals surface area contributed by atoms with Crippen LogP contribution in [0.4, 0.5) is 10.2 Å². The molecule has 0 aliphatic heterocycles. The fraction of sp³-hybridized carbons (Fsp3) is 0.286. The van der Waals surface area contributed by atoms with Gasteiger partial charge < -0.3 is 5.32 Å². The predicted molar refractivity (Wildman–Crippen MR) is 77.5 cm³/mol. The Kier molecular flexibility index (Phi) is 4.47. The number of nitrogens with one attached hydrogen (secondary N) is 1. The van der Waals surface area contributed by atoms with Crippen molar-refractivity contribution in [1.29, 1.82) is 0 Å². The highest BCUT2D eigenvalue weighted by atomic mass is 79.9. The second-order valence-corrected chi connectivity index (χ2v) is 5.38. The lowest BCUT2D eigenvalue weighted by molar-refractivity contribution is 0.627. The molecule has 1 aromatic carbocycles. The van der Waals surface area contributed by atoms with Gasteiger partial charge in [-0.3, -0.25) is 0 Å². The number of rotatable bonds is 4. The zero-order valence-electron chi connectivity index (χ0n) is 10.8. The normalized spacial score (nSPS) is 10.8. The molecule has 2 aromatic rings. The van der Waals surface area contributed by atoms with E-state index < -0.39 is 0 Å². The Morgan fingerprint density at radius 3 is 2.53 bits per heavy atom. The van der Waals surface area contributed by atoms with E-state index in [4.69, 9.17) is 0 Å². The lowest BCUT2D eigenvalue weighted by Crippen LogP contribution is -2.05. The lowest BCUT2D eigenvalue weighted by Gasteiger charge is -2.09. The van der Waals surface area contributed by atoms with Gasteiger partial charge >= 0.3 is 0 Å². The van der Waals surface area contributed by atoms with Crippen LogP contribution in [0.1, 0.15) is 31.2 Å². The summed E-state index contributed by atoms with van der Waals surface area (Å²) >= 11 is 3.38. The minimum atomic E-state index is -0.226. The summed E-state index contributed by atoms with van der Waals surface area (Å²) in [4.78, 5) is 8.76. The highest BCUT2D eigenvalue weighted by molar-refractivity contribution is 9.10. The molecule has 0 aliphatic rings. The van der Waals surface area contributed by atoms with Crippen LogP contribution in [0.2, 0.25) is 0 Å². The third-order valence-corrected chi connectivity index (χ3v) is 3.02. The maximum absolute atomic E-state index is 12.8. The van der Waals surface area contributed by atoms with Crippen molar-refractivity contribution in [3.63, 3.8) is 0 Å². The molecule has 1 N–H and O–H groups in total. The SMILES string of the molecule is CC(C)c1nc(Br)cc(NCc2ccc(F)cc2)n1. The van der Waals surface area contributed by atoms with Crippen LogP contribution in [-0.4, -0.2) is 9.97 Å². The fourth-order valence-corrected chi connectivity index (χ4v) is 1.98. The van der Waals surface area contributed by atoms with E-state index in [1.807, 2.05) is 19.9 Å². The van der Waals surface area contributed by atoms with Crippen molar-refractivity contribution in [2.75, 3.05) is 5.32 Å². The molecular formula is C14H15BrFN3. The van der Waals surface area contributed by atoms with Crippen LogP contribution >= 0.6 is 15.9 Å². The highest BCUT2D eigenvalue weighted by Gasteiger charge is 2.06. The van der Waals surface area contributed by atoms with Gasteiger partial charge in [-0.15, -0.1) is 0 Å². The first-order valence-corrected chi connectivity index (χ1v) is 6.86. The van der Waals surface area contributed by atoms with Crippen molar-refractivity contribution in [3.8, 4) is 0 Å². The van der Waals surface area contributed by atoms with Gasteiger partial charge in [-0.05, 0) is 33.6 Å². The Morgan fingerprint density at radius 2 is 1.89 bits per heavy atom. The number of aromatic nitrogens is 2. The van der Waals surface area contributed by atoms with Gasteiger partial charge in [-0.25, -0.2) is 14.4 Å². The van der Waals surface area contributed by atoms with Gasteiger partial charge in [0.05, 0.1) is 0 Å². The topological polar surface area (TPSA) is 37.8 Å². The molecule has 0 bridgehead atoms. The van der Waals surface area contributed by atoms with Gasteiger partial charge in [-0.2, -0.15) is 0 Å². The number of benzene rings is 1. The molecule has 2 rings (SSSR count). The maximum Gasteiger partial charge on any atom is 0.134 e. The smallest absolute Gasteiger partial charge is 0.134 e. The maximum atomic E-state index is 12.8. The molecule has 3 nitrogen and oxygen atoms in total. The standard InChI is InChI=1S/C14H15BrFN3/c1-9(2)14-18-12(15)7-13(19-14)17-8-10-3-5-11(16)6-4-10/h3-7,9H,8H2,1-2H3,(H,17,18,19). The summed E-state index contributed by atoms with van der Waals surface area (Å²) < 4.78 is 13.6. The predicted octanol–water partition coefficient (Wildman–Crippen LogP) is 4.11. The first-order chi connectivity index (χ1) is 9.04.